The van der Waals surface area contributed by atoms with Gasteiger partial charge in [0.25, 0.3) is 5.56 Å². The molecule has 1 aromatic heterocycles. The largest absolute Gasteiger partial charge is 0.349 e. The molecule has 0 atom stereocenters. The Kier molecular flexibility index (Phi) is 3.50. The van der Waals surface area contributed by atoms with Gasteiger partial charge in [0.2, 0.25) is 0 Å². The summed E-state index contributed by atoms with van der Waals surface area (Å²) in [4.78, 5) is 22.3. The first-order valence-corrected chi connectivity index (χ1v) is 4.74. The molecule has 2 N–H and O–H groups in total. The van der Waals surface area contributed by atoms with Crippen molar-refractivity contribution in [2.45, 2.75) is 32.7 Å². The molecule has 0 amide bonds. The van der Waals surface area contributed by atoms with E-state index >= 15 is 0 Å². The second kappa shape index (κ2) is 4.64. The van der Waals surface area contributed by atoms with Crippen molar-refractivity contribution in [2.24, 2.45) is 0 Å². The third-order valence-corrected chi connectivity index (χ3v) is 2.09. The molecule has 1 heterocycles. The van der Waals surface area contributed by atoms with Gasteiger partial charge in [-0.1, -0.05) is 19.8 Å². The van der Waals surface area contributed by atoms with Crippen molar-refractivity contribution in [1.82, 2.24) is 9.24 Å². The minimum atomic E-state index is -0.471. The van der Waals surface area contributed by atoms with Crippen molar-refractivity contribution in [3.8, 4) is 0 Å². The molecule has 5 nitrogen and oxygen atoms in total. The molecule has 0 aliphatic heterocycles. The normalized spacial score (nSPS) is 10.4. The van der Waals surface area contributed by atoms with E-state index in [2.05, 4.69) is 6.92 Å². The van der Waals surface area contributed by atoms with Gasteiger partial charge in [0, 0.05) is 18.8 Å². The number of aryl methyl sites for hydroxylation is 1. The van der Waals surface area contributed by atoms with Crippen LogP contribution in [0, 0.1) is 0 Å². The standard InChI is InChI=1S/C9H15N3O2/c1-2-3-4-6-11-7-5-8(13)12(10)9(11)14/h5,7H,2-4,6,10H2,1H3. The molecule has 0 bridgehead atoms. The Hall–Kier alpha value is -1.52. The van der Waals surface area contributed by atoms with Crippen LogP contribution in [-0.2, 0) is 6.54 Å². The highest BCUT2D eigenvalue weighted by atomic mass is 16.2. The number of aromatic nitrogens is 2. The van der Waals surface area contributed by atoms with Crippen LogP contribution in [0.1, 0.15) is 26.2 Å². The van der Waals surface area contributed by atoms with E-state index in [1.165, 1.54) is 16.8 Å². The van der Waals surface area contributed by atoms with Gasteiger partial charge in [-0.25, -0.2) is 4.79 Å². The van der Waals surface area contributed by atoms with Crippen LogP contribution in [0.25, 0.3) is 0 Å². The SMILES string of the molecule is CCCCCn1ccc(=O)n(N)c1=O. The number of nitrogen functional groups attached to an aromatic ring is 1. The number of unbranched alkanes of at least 4 members (excludes halogenated alkanes) is 2. The number of hydrogen-bond acceptors (Lipinski definition) is 3. The van der Waals surface area contributed by atoms with Crippen LogP contribution in [0.2, 0.25) is 0 Å². The lowest BCUT2D eigenvalue weighted by Crippen LogP contribution is -2.43. The van der Waals surface area contributed by atoms with Crippen molar-refractivity contribution in [3.63, 3.8) is 0 Å². The summed E-state index contributed by atoms with van der Waals surface area (Å²) in [6, 6.07) is 1.30. The summed E-state index contributed by atoms with van der Waals surface area (Å²) in [7, 11) is 0. The predicted molar refractivity (Wildman–Crippen MR) is 54.6 cm³/mol. The van der Waals surface area contributed by atoms with Crippen LogP contribution in [0.3, 0.4) is 0 Å². The Morgan fingerprint density at radius 3 is 2.71 bits per heavy atom. The average molecular weight is 197 g/mol. The second-order valence-electron chi connectivity index (χ2n) is 3.21. The molecule has 0 aliphatic carbocycles. The average Bonchev–Trinajstić information content (AvgIpc) is 2.18. The van der Waals surface area contributed by atoms with Crippen LogP contribution in [0.5, 0.6) is 0 Å². The highest BCUT2D eigenvalue weighted by Crippen LogP contribution is 1.95. The molecule has 78 valence electrons. The van der Waals surface area contributed by atoms with E-state index in [1.807, 2.05) is 0 Å². The molecular weight excluding hydrogens is 182 g/mol. The minimum absolute atomic E-state index is 0.450. The van der Waals surface area contributed by atoms with Crippen molar-refractivity contribution < 1.29 is 0 Å². The fourth-order valence-electron chi connectivity index (χ4n) is 1.23. The number of nitrogens with two attached hydrogens (primary N) is 1. The molecule has 0 aliphatic rings. The van der Waals surface area contributed by atoms with E-state index in [0.717, 1.165) is 19.3 Å². The molecule has 1 rings (SSSR count). The lowest BCUT2D eigenvalue weighted by Gasteiger charge is -2.05. The topological polar surface area (TPSA) is 70.0 Å². The van der Waals surface area contributed by atoms with E-state index in [0.29, 0.717) is 11.2 Å². The van der Waals surface area contributed by atoms with Gasteiger partial charge < -0.3 is 5.84 Å². The molecule has 0 fully saturated rings. The summed E-state index contributed by atoms with van der Waals surface area (Å²) in [5, 5.41) is 0. The highest BCUT2D eigenvalue weighted by molar-refractivity contribution is 4.85. The van der Waals surface area contributed by atoms with Crippen LogP contribution in [0.15, 0.2) is 21.9 Å². The first-order chi connectivity index (χ1) is 6.66. The molecular formula is C9H15N3O2. The van der Waals surface area contributed by atoms with E-state index < -0.39 is 11.2 Å². The zero-order valence-corrected chi connectivity index (χ0v) is 8.27. The van der Waals surface area contributed by atoms with Crippen LogP contribution in [-0.4, -0.2) is 9.24 Å². The zero-order chi connectivity index (χ0) is 10.6. The quantitative estimate of drug-likeness (QED) is 0.542. The number of rotatable bonds is 4. The molecule has 0 radical (unpaired) electrons. The summed E-state index contributed by atoms with van der Waals surface area (Å²) in [5.74, 6) is 5.26. The fourth-order valence-corrected chi connectivity index (χ4v) is 1.23. The lowest BCUT2D eigenvalue weighted by molar-refractivity contribution is 0.558. The predicted octanol–water partition coefficient (Wildman–Crippen LogP) is -0.0860. The van der Waals surface area contributed by atoms with Gasteiger partial charge in [0.15, 0.2) is 0 Å². The van der Waals surface area contributed by atoms with Crippen molar-refractivity contribution in [2.75, 3.05) is 5.84 Å². The third-order valence-electron chi connectivity index (χ3n) is 2.09. The van der Waals surface area contributed by atoms with Crippen LogP contribution >= 0.6 is 0 Å². The highest BCUT2D eigenvalue weighted by Gasteiger charge is 2.00. The summed E-state index contributed by atoms with van der Waals surface area (Å²) < 4.78 is 2.09. The Bertz CT molecular complexity index is 405. The third kappa shape index (κ3) is 2.25. The molecule has 0 aromatic carbocycles. The monoisotopic (exact) mass is 197 g/mol. The van der Waals surface area contributed by atoms with Crippen LogP contribution < -0.4 is 17.1 Å². The van der Waals surface area contributed by atoms with E-state index in [9.17, 15) is 9.59 Å². The smallest absolute Gasteiger partial charge is 0.332 e. The molecule has 0 saturated carbocycles. The number of nitrogens with zero attached hydrogens (tertiary/aromatic N) is 2. The molecule has 0 spiro atoms. The van der Waals surface area contributed by atoms with Gasteiger partial charge in [0.1, 0.15) is 0 Å². The summed E-state index contributed by atoms with van der Waals surface area (Å²) >= 11 is 0. The number of hydrogen-bond donors (Lipinski definition) is 1. The summed E-state index contributed by atoms with van der Waals surface area (Å²) in [5.41, 5.74) is -0.921. The molecule has 0 saturated heterocycles. The first kappa shape index (κ1) is 10.6. The molecule has 0 unspecified atom stereocenters. The first-order valence-electron chi connectivity index (χ1n) is 4.74. The van der Waals surface area contributed by atoms with Gasteiger partial charge in [-0.05, 0) is 6.42 Å². The Morgan fingerprint density at radius 2 is 2.07 bits per heavy atom. The maximum atomic E-state index is 11.4. The van der Waals surface area contributed by atoms with Crippen molar-refractivity contribution >= 4 is 0 Å². The Balaban J connectivity index is 2.84. The van der Waals surface area contributed by atoms with Crippen LogP contribution in [0.4, 0.5) is 0 Å². The van der Waals surface area contributed by atoms with Crippen molar-refractivity contribution in [1.29, 1.82) is 0 Å². The van der Waals surface area contributed by atoms with Gasteiger partial charge in [-0.3, -0.25) is 9.36 Å². The fraction of sp³-hybridized carbons (Fsp3) is 0.556. The van der Waals surface area contributed by atoms with E-state index in [4.69, 9.17) is 5.84 Å². The summed E-state index contributed by atoms with van der Waals surface area (Å²) in [6.07, 6.45) is 4.57. The van der Waals surface area contributed by atoms with E-state index in [-0.39, 0.29) is 0 Å². The maximum absolute atomic E-state index is 11.4. The lowest BCUT2D eigenvalue weighted by atomic mass is 10.2. The van der Waals surface area contributed by atoms with Gasteiger partial charge >= 0.3 is 5.69 Å². The Morgan fingerprint density at radius 1 is 1.36 bits per heavy atom. The second-order valence-corrected chi connectivity index (χ2v) is 3.21. The maximum Gasteiger partial charge on any atom is 0.349 e. The van der Waals surface area contributed by atoms with Gasteiger partial charge in [-0.15, -0.1) is 0 Å². The molecule has 14 heavy (non-hydrogen) atoms. The van der Waals surface area contributed by atoms with Gasteiger partial charge in [-0.2, -0.15) is 4.68 Å². The zero-order valence-electron chi connectivity index (χ0n) is 8.27. The molecule has 1 aromatic rings. The van der Waals surface area contributed by atoms with Gasteiger partial charge in [0.05, 0.1) is 0 Å². The summed E-state index contributed by atoms with van der Waals surface area (Å²) in [6.45, 7) is 2.71. The Labute approximate surface area is 81.7 Å². The molecule has 5 heteroatoms. The minimum Gasteiger partial charge on any atom is -0.332 e. The van der Waals surface area contributed by atoms with Crippen molar-refractivity contribution in [3.05, 3.63) is 33.1 Å². The van der Waals surface area contributed by atoms with E-state index in [1.54, 1.807) is 0 Å².